The molecule has 0 aliphatic rings. The predicted octanol–water partition coefficient (Wildman–Crippen LogP) is 5.59. The molecular weight excluding hydrogens is 586 g/mol. The number of sulfonamides is 1. The third-order valence-electron chi connectivity index (χ3n) is 7.02. The Kier molecular flexibility index (Phi) is 11.0. The van der Waals surface area contributed by atoms with E-state index in [9.17, 15) is 18.0 Å². The number of amides is 2. The molecule has 4 aromatic rings. The minimum Gasteiger partial charge on any atom is -0.489 e. The summed E-state index contributed by atoms with van der Waals surface area (Å²) in [6, 6.07) is 34.2. The Bertz CT molecular complexity index is 1640. The SMILES string of the molecule is CC(C)(C)NC(=O)C(Cc1ccccc1)N(Cc1ccccc1)C(=O)CN(c1ccc(OCc2ccccc2)cc1)S(C)(=O)=O. The molecule has 0 spiro atoms. The number of carbonyl (C=O) groups excluding carboxylic acids is 2. The van der Waals surface area contributed by atoms with Gasteiger partial charge in [-0.2, -0.15) is 0 Å². The van der Waals surface area contributed by atoms with Gasteiger partial charge in [0, 0.05) is 18.5 Å². The smallest absolute Gasteiger partial charge is 0.244 e. The van der Waals surface area contributed by atoms with E-state index in [1.54, 1.807) is 24.3 Å². The minimum absolute atomic E-state index is 0.124. The van der Waals surface area contributed by atoms with Crippen molar-refractivity contribution in [2.45, 2.75) is 51.9 Å². The highest BCUT2D eigenvalue weighted by atomic mass is 32.2. The molecule has 0 radical (unpaired) electrons. The molecule has 1 N–H and O–H groups in total. The van der Waals surface area contributed by atoms with Crippen LogP contribution in [0.25, 0.3) is 0 Å². The number of hydrogen-bond donors (Lipinski definition) is 1. The second-order valence-electron chi connectivity index (χ2n) is 12.0. The third kappa shape index (κ3) is 10.2. The fourth-order valence-electron chi connectivity index (χ4n) is 4.85. The lowest BCUT2D eigenvalue weighted by Crippen LogP contribution is -2.56. The number of nitrogens with one attached hydrogen (secondary N) is 1. The molecule has 0 aliphatic carbocycles. The molecule has 0 saturated heterocycles. The van der Waals surface area contributed by atoms with Crippen LogP contribution in [0, 0.1) is 0 Å². The van der Waals surface area contributed by atoms with Crippen LogP contribution in [0.4, 0.5) is 5.69 Å². The Morgan fingerprint density at radius 3 is 1.78 bits per heavy atom. The summed E-state index contributed by atoms with van der Waals surface area (Å²) in [6.07, 6.45) is 1.32. The van der Waals surface area contributed by atoms with Gasteiger partial charge < -0.3 is 15.0 Å². The van der Waals surface area contributed by atoms with Crippen LogP contribution in [-0.2, 0) is 39.2 Å². The van der Waals surface area contributed by atoms with Crippen LogP contribution in [0.1, 0.15) is 37.5 Å². The van der Waals surface area contributed by atoms with Crippen molar-refractivity contribution in [3.05, 3.63) is 132 Å². The van der Waals surface area contributed by atoms with Crippen molar-refractivity contribution in [2.75, 3.05) is 17.1 Å². The molecule has 4 aromatic carbocycles. The molecule has 2 amide bonds. The van der Waals surface area contributed by atoms with Crippen LogP contribution in [-0.4, -0.2) is 49.5 Å². The molecule has 1 unspecified atom stereocenters. The highest BCUT2D eigenvalue weighted by molar-refractivity contribution is 7.92. The van der Waals surface area contributed by atoms with Crippen molar-refractivity contribution in [2.24, 2.45) is 0 Å². The van der Waals surface area contributed by atoms with Gasteiger partial charge in [0.05, 0.1) is 11.9 Å². The summed E-state index contributed by atoms with van der Waals surface area (Å²) < 4.78 is 33.1. The van der Waals surface area contributed by atoms with Gasteiger partial charge in [-0.1, -0.05) is 91.0 Å². The number of ether oxygens (including phenoxy) is 1. The first-order valence-electron chi connectivity index (χ1n) is 14.8. The van der Waals surface area contributed by atoms with E-state index in [2.05, 4.69) is 5.32 Å². The average Bonchev–Trinajstić information content (AvgIpc) is 3.01. The van der Waals surface area contributed by atoms with E-state index in [0.717, 1.165) is 27.3 Å². The molecule has 0 bridgehead atoms. The van der Waals surface area contributed by atoms with Gasteiger partial charge in [-0.15, -0.1) is 0 Å². The zero-order valence-electron chi connectivity index (χ0n) is 26.2. The molecular formula is C36H41N3O5S. The Morgan fingerprint density at radius 1 is 0.756 bits per heavy atom. The minimum atomic E-state index is -3.88. The summed E-state index contributed by atoms with van der Waals surface area (Å²) in [5, 5.41) is 3.03. The fourth-order valence-corrected chi connectivity index (χ4v) is 5.70. The van der Waals surface area contributed by atoms with E-state index >= 15 is 0 Å². The first kappa shape index (κ1) is 33.3. The number of hydrogen-bond acceptors (Lipinski definition) is 5. The summed E-state index contributed by atoms with van der Waals surface area (Å²) in [7, 11) is -3.88. The van der Waals surface area contributed by atoms with Crippen LogP contribution < -0.4 is 14.4 Å². The third-order valence-corrected chi connectivity index (χ3v) is 8.16. The lowest BCUT2D eigenvalue weighted by molar-refractivity contribution is -0.140. The maximum absolute atomic E-state index is 14.2. The van der Waals surface area contributed by atoms with E-state index in [0.29, 0.717) is 18.0 Å². The molecule has 1 atom stereocenters. The van der Waals surface area contributed by atoms with Crippen molar-refractivity contribution in [3.63, 3.8) is 0 Å². The summed E-state index contributed by atoms with van der Waals surface area (Å²) in [6.45, 7) is 5.65. The monoisotopic (exact) mass is 627 g/mol. The van der Waals surface area contributed by atoms with Crippen molar-refractivity contribution >= 4 is 27.5 Å². The maximum Gasteiger partial charge on any atom is 0.244 e. The standard InChI is InChI=1S/C36H41N3O5S/c1-36(2,3)37-35(41)33(24-28-14-8-5-9-15-28)38(25-29-16-10-6-11-17-29)34(40)26-39(45(4,42)43)31-20-22-32(23-21-31)44-27-30-18-12-7-13-19-30/h5-23,33H,24-27H2,1-4H3,(H,37,41). The van der Waals surface area contributed by atoms with Gasteiger partial charge in [0.2, 0.25) is 21.8 Å². The lowest BCUT2D eigenvalue weighted by Gasteiger charge is -2.35. The Labute approximate surface area is 266 Å². The van der Waals surface area contributed by atoms with Crippen LogP contribution in [0.5, 0.6) is 5.75 Å². The summed E-state index contributed by atoms with van der Waals surface area (Å²) in [4.78, 5) is 29.5. The highest BCUT2D eigenvalue weighted by Crippen LogP contribution is 2.24. The molecule has 4 rings (SSSR count). The number of rotatable bonds is 13. The first-order chi connectivity index (χ1) is 21.4. The Hall–Kier alpha value is -4.63. The Morgan fingerprint density at radius 2 is 1.27 bits per heavy atom. The average molecular weight is 628 g/mol. The zero-order chi connectivity index (χ0) is 32.5. The van der Waals surface area contributed by atoms with Gasteiger partial charge in [0.15, 0.2) is 0 Å². The normalized spacial score (nSPS) is 12.2. The number of anilines is 1. The molecule has 9 heteroatoms. The summed E-state index contributed by atoms with van der Waals surface area (Å²) >= 11 is 0. The summed E-state index contributed by atoms with van der Waals surface area (Å²) in [5.41, 5.74) is 2.47. The first-order valence-corrected chi connectivity index (χ1v) is 16.7. The van der Waals surface area contributed by atoms with Crippen molar-refractivity contribution in [1.82, 2.24) is 10.2 Å². The number of benzene rings is 4. The van der Waals surface area contributed by atoms with Gasteiger partial charge in [-0.3, -0.25) is 13.9 Å². The maximum atomic E-state index is 14.2. The van der Waals surface area contributed by atoms with Crippen LogP contribution >= 0.6 is 0 Å². The molecule has 0 fully saturated rings. The van der Waals surface area contributed by atoms with E-state index in [4.69, 9.17) is 4.74 Å². The second-order valence-corrected chi connectivity index (χ2v) is 13.9. The van der Waals surface area contributed by atoms with Gasteiger partial charge in [-0.05, 0) is 61.7 Å². The van der Waals surface area contributed by atoms with Crippen LogP contribution in [0.15, 0.2) is 115 Å². The van der Waals surface area contributed by atoms with E-state index in [1.807, 2.05) is 112 Å². The van der Waals surface area contributed by atoms with Gasteiger partial charge >= 0.3 is 0 Å². The summed E-state index contributed by atoms with van der Waals surface area (Å²) in [5.74, 6) is -0.255. The molecule has 236 valence electrons. The van der Waals surface area contributed by atoms with Crippen LogP contribution in [0.2, 0.25) is 0 Å². The van der Waals surface area contributed by atoms with Gasteiger partial charge in [-0.25, -0.2) is 8.42 Å². The van der Waals surface area contributed by atoms with Crippen molar-refractivity contribution in [1.29, 1.82) is 0 Å². The van der Waals surface area contributed by atoms with Gasteiger partial charge in [0.1, 0.15) is 24.9 Å². The Balaban J connectivity index is 1.64. The molecule has 0 heterocycles. The topological polar surface area (TPSA) is 96.0 Å². The van der Waals surface area contributed by atoms with E-state index in [1.165, 1.54) is 4.90 Å². The van der Waals surface area contributed by atoms with Crippen molar-refractivity contribution in [3.8, 4) is 5.75 Å². The quantitative estimate of drug-likeness (QED) is 0.209. The van der Waals surface area contributed by atoms with E-state index < -0.39 is 34.1 Å². The lowest BCUT2D eigenvalue weighted by atomic mass is 10.0. The van der Waals surface area contributed by atoms with E-state index in [-0.39, 0.29) is 18.9 Å². The largest absolute Gasteiger partial charge is 0.489 e. The molecule has 0 aromatic heterocycles. The molecule has 45 heavy (non-hydrogen) atoms. The zero-order valence-corrected chi connectivity index (χ0v) is 27.0. The number of carbonyl (C=O) groups is 2. The van der Waals surface area contributed by atoms with Gasteiger partial charge in [0.25, 0.3) is 0 Å². The second kappa shape index (κ2) is 14.9. The molecule has 8 nitrogen and oxygen atoms in total. The molecule has 0 aliphatic heterocycles. The predicted molar refractivity (Wildman–Crippen MR) is 178 cm³/mol. The fraction of sp³-hybridized carbons (Fsp3) is 0.278. The van der Waals surface area contributed by atoms with Crippen LogP contribution in [0.3, 0.4) is 0 Å². The van der Waals surface area contributed by atoms with Crippen molar-refractivity contribution < 1.29 is 22.7 Å². The highest BCUT2D eigenvalue weighted by Gasteiger charge is 2.34. The molecule has 0 saturated carbocycles. The number of nitrogens with zero attached hydrogens (tertiary/aromatic N) is 2.